The first-order chi connectivity index (χ1) is 12.3. The fourth-order valence-electron chi connectivity index (χ4n) is 2.93. The summed E-state index contributed by atoms with van der Waals surface area (Å²) in [6.45, 7) is 4.06. The predicted octanol–water partition coefficient (Wildman–Crippen LogP) is 0.622. The van der Waals surface area contributed by atoms with Crippen LogP contribution in [0.5, 0.6) is 0 Å². The zero-order chi connectivity index (χ0) is 18.9. The molecule has 0 aromatic carbocycles. The average molecular weight is 382 g/mol. The van der Waals surface area contributed by atoms with Crippen LogP contribution in [0.3, 0.4) is 0 Å². The first-order valence-electron chi connectivity index (χ1n) is 8.58. The standard InChI is InChI=1S/C16H22N4O5S/c1-12(2)25-15(21)11-20-16(22)19-10-13(6-7-14(19)17-20)26(23,24)18-8-4-3-5-9-18/h6-7,10,12H,3-5,8-9,11H2,1-2H3. The summed E-state index contributed by atoms with van der Waals surface area (Å²) in [5.74, 6) is -0.577. The van der Waals surface area contributed by atoms with Crippen molar-refractivity contribution in [3.8, 4) is 0 Å². The maximum absolute atomic E-state index is 12.8. The second-order valence-corrected chi connectivity index (χ2v) is 8.47. The van der Waals surface area contributed by atoms with Crippen molar-refractivity contribution in [2.75, 3.05) is 13.1 Å². The van der Waals surface area contributed by atoms with E-state index < -0.39 is 21.7 Å². The first-order valence-corrected chi connectivity index (χ1v) is 10.0. The molecule has 0 N–H and O–H groups in total. The van der Waals surface area contributed by atoms with Crippen LogP contribution in [0.25, 0.3) is 5.65 Å². The van der Waals surface area contributed by atoms with Gasteiger partial charge >= 0.3 is 11.7 Å². The van der Waals surface area contributed by atoms with Gasteiger partial charge in [0.25, 0.3) is 0 Å². The van der Waals surface area contributed by atoms with Gasteiger partial charge < -0.3 is 4.74 Å². The van der Waals surface area contributed by atoms with Crippen LogP contribution in [-0.4, -0.2) is 52.1 Å². The van der Waals surface area contributed by atoms with Crippen molar-refractivity contribution in [2.45, 2.75) is 50.7 Å². The summed E-state index contributed by atoms with van der Waals surface area (Å²) in [7, 11) is -3.66. The van der Waals surface area contributed by atoms with Crippen molar-refractivity contribution in [3.05, 3.63) is 28.8 Å². The summed E-state index contributed by atoms with van der Waals surface area (Å²) >= 11 is 0. The van der Waals surface area contributed by atoms with E-state index >= 15 is 0 Å². The Balaban J connectivity index is 1.92. The van der Waals surface area contributed by atoms with Gasteiger partial charge in [-0.2, -0.15) is 4.31 Å². The molecule has 9 nitrogen and oxygen atoms in total. The molecule has 0 amide bonds. The fourth-order valence-corrected chi connectivity index (χ4v) is 4.45. The maximum atomic E-state index is 12.8. The highest BCUT2D eigenvalue weighted by atomic mass is 32.2. The molecule has 10 heteroatoms. The summed E-state index contributed by atoms with van der Waals surface area (Å²) in [6, 6.07) is 2.89. The van der Waals surface area contributed by atoms with E-state index in [0.29, 0.717) is 13.1 Å². The predicted molar refractivity (Wildman–Crippen MR) is 93.3 cm³/mol. The van der Waals surface area contributed by atoms with Crippen molar-refractivity contribution in [3.63, 3.8) is 0 Å². The molecule has 2 aromatic heterocycles. The third-order valence-corrected chi connectivity index (χ3v) is 6.03. The van der Waals surface area contributed by atoms with Crippen molar-refractivity contribution in [2.24, 2.45) is 0 Å². The van der Waals surface area contributed by atoms with Crippen LogP contribution in [0.4, 0.5) is 0 Å². The SMILES string of the molecule is CC(C)OC(=O)Cn1nc2ccc(S(=O)(=O)N3CCCCC3)cn2c1=O. The molecule has 0 bridgehead atoms. The molecule has 0 aliphatic carbocycles. The number of nitrogens with zero attached hydrogens (tertiary/aromatic N) is 4. The number of rotatable bonds is 5. The van der Waals surface area contributed by atoms with Gasteiger partial charge in [0.15, 0.2) is 5.65 Å². The second kappa shape index (κ2) is 7.20. The number of piperidine rings is 1. The Bertz CT molecular complexity index is 970. The lowest BCUT2D eigenvalue weighted by Crippen LogP contribution is -2.35. The number of hydrogen-bond donors (Lipinski definition) is 0. The largest absolute Gasteiger partial charge is 0.462 e. The van der Waals surface area contributed by atoms with Gasteiger partial charge in [-0.15, -0.1) is 5.10 Å². The summed E-state index contributed by atoms with van der Waals surface area (Å²) in [5.41, 5.74) is -0.318. The summed E-state index contributed by atoms with van der Waals surface area (Å²) in [4.78, 5) is 24.2. The lowest BCUT2D eigenvalue weighted by molar-refractivity contribution is -0.148. The van der Waals surface area contributed by atoms with Crippen molar-refractivity contribution in [1.29, 1.82) is 0 Å². The zero-order valence-corrected chi connectivity index (χ0v) is 15.6. The molecule has 0 radical (unpaired) electrons. The van der Waals surface area contributed by atoms with Gasteiger partial charge in [-0.1, -0.05) is 6.42 Å². The van der Waals surface area contributed by atoms with Crippen LogP contribution < -0.4 is 5.69 Å². The molecule has 1 saturated heterocycles. The van der Waals surface area contributed by atoms with E-state index in [0.717, 1.165) is 28.3 Å². The van der Waals surface area contributed by atoms with Crippen LogP contribution in [-0.2, 0) is 26.1 Å². The monoisotopic (exact) mass is 382 g/mol. The van der Waals surface area contributed by atoms with E-state index in [4.69, 9.17) is 4.74 Å². The number of aromatic nitrogens is 3. The molecular formula is C16H22N4O5S. The van der Waals surface area contributed by atoms with Gasteiger partial charge in [0.1, 0.15) is 6.54 Å². The Morgan fingerprint density at radius 2 is 1.92 bits per heavy atom. The molecule has 26 heavy (non-hydrogen) atoms. The number of carbonyl (C=O) groups is 1. The average Bonchev–Trinajstić information content (AvgIpc) is 2.90. The Morgan fingerprint density at radius 1 is 1.23 bits per heavy atom. The van der Waals surface area contributed by atoms with Gasteiger partial charge in [0.05, 0.1) is 11.0 Å². The highest BCUT2D eigenvalue weighted by Gasteiger charge is 2.26. The zero-order valence-electron chi connectivity index (χ0n) is 14.8. The first kappa shape index (κ1) is 18.6. The highest BCUT2D eigenvalue weighted by molar-refractivity contribution is 7.89. The Labute approximate surface area is 151 Å². The number of esters is 1. The molecule has 0 unspecified atom stereocenters. The lowest BCUT2D eigenvalue weighted by Gasteiger charge is -2.25. The van der Waals surface area contributed by atoms with E-state index in [-0.39, 0.29) is 23.2 Å². The topological polar surface area (TPSA) is 103 Å². The highest BCUT2D eigenvalue weighted by Crippen LogP contribution is 2.20. The molecule has 1 fully saturated rings. The van der Waals surface area contributed by atoms with Gasteiger partial charge in [-0.25, -0.2) is 22.3 Å². The van der Waals surface area contributed by atoms with E-state index in [1.807, 2.05) is 0 Å². The number of carbonyl (C=O) groups excluding carboxylic acids is 1. The molecule has 0 atom stereocenters. The van der Waals surface area contributed by atoms with Crippen LogP contribution >= 0.6 is 0 Å². The number of hydrogen-bond acceptors (Lipinski definition) is 6. The number of fused-ring (bicyclic) bond motifs is 1. The van der Waals surface area contributed by atoms with Gasteiger partial charge in [0.2, 0.25) is 10.0 Å². The molecule has 142 valence electrons. The summed E-state index contributed by atoms with van der Waals surface area (Å²) in [6.07, 6.45) is 3.65. The molecule has 0 spiro atoms. The third kappa shape index (κ3) is 3.65. The molecule has 2 aromatic rings. The van der Waals surface area contributed by atoms with E-state index in [1.54, 1.807) is 13.8 Å². The minimum absolute atomic E-state index is 0.0401. The Kier molecular flexibility index (Phi) is 5.15. The molecule has 1 aliphatic heterocycles. The number of pyridine rings is 1. The minimum atomic E-state index is -3.66. The fraction of sp³-hybridized carbons (Fsp3) is 0.562. The quantitative estimate of drug-likeness (QED) is 0.703. The Morgan fingerprint density at radius 3 is 2.58 bits per heavy atom. The molecule has 1 aliphatic rings. The van der Waals surface area contributed by atoms with Crippen LogP contribution in [0.15, 0.2) is 28.0 Å². The molecule has 0 saturated carbocycles. The van der Waals surface area contributed by atoms with E-state index in [2.05, 4.69) is 5.10 Å². The van der Waals surface area contributed by atoms with Gasteiger partial charge in [-0.3, -0.25) is 4.79 Å². The third-order valence-electron chi connectivity index (χ3n) is 4.15. The van der Waals surface area contributed by atoms with Gasteiger partial charge in [-0.05, 0) is 38.8 Å². The van der Waals surface area contributed by atoms with Crippen LogP contribution in [0.1, 0.15) is 33.1 Å². The second-order valence-electron chi connectivity index (χ2n) is 6.54. The number of ether oxygens (including phenoxy) is 1. The Hall–Kier alpha value is -2.20. The van der Waals surface area contributed by atoms with Crippen LogP contribution in [0.2, 0.25) is 0 Å². The normalized spacial score (nSPS) is 16.3. The van der Waals surface area contributed by atoms with Crippen molar-refractivity contribution >= 4 is 21.6 Å². The smallest absolute Gasteiger partial charge is 0.350 e. The molecule has 3 heterocycles. The van der Waals surface area contributed by atoms with E-state index in [1.165, 1.54) is 22.6 Å². The maximum Gasteiger partial charge on any atom is 0.350 e. The van der Waals surface area contributed by atoms with Crippen molar-refractivity contribution < 1.29 is 17.9 Å². The molecular weight excluding hydrogens is 360 g/mol. The van der Waals surface area contributed by atoms with Crippen molar-refractivity contribution in [1.82, 2.24) is 18.5 Å². The summed E-state index contributed by atoms with van der Waals surface area (Å²) in [5, 5.41) is 4.05. The van der Waals surface area contributed by atoms with Crippen LogP contribution in [0, 0.1) is 0 Å². The van der Waals surface area contributed by atoms with Gasteiger partial charge in [0, 0.05) is 19.3 Å². The number of sulfonamides is 1. The summed E-state index contributed by atoms with van der Waals surface area (Å²) < 4.78 is 34.1. The van der Waals surface area contributed by atoms with E-state index in [9.17, 15) is 18.0 Å². The minimum Gasteiger partial charge on any atom is -0.462 e. The lowest BCUT2D eigenvalue weighted by atomic mass is 10.2. The molecule has 3 rings (SSSR count).